The summed E-state index contributed by atoms with van der Waals surface area (Å²) in [6.07, 6.45) is 7.72. The maximum Gasteiger partial charge on any atom is 0.118 e. The molecule has 0 atom stereocenters. The number of ether oxygens (including phenoxy) is 1. The van der Waals surface area contributed by atoms with E-state index in [1.165, 1.54) is 43.9 Å². The first kappa shape index (κ1) is 28.1. The summed E-state index contributed by atoms with van der Waals surface area (Å²) in [6.45, 7) is 0. The van der Waals surface area contributed by atoms with Crippen molar-refractivity contribution in [1.82, 2.24) is 9.97 Å². The summed E-state index contributed by atoms with van der Waals surface area (Å²) >= 11 is 0. The van der Waals surface area contributed by atoms with E-state index in [0.717, 1.165) is 0 Å². The molecule has 29 heavy (non-hydrogen) atoms. The van der Waals surface area contributed by atoms with E-state index in [2.05, 4.69) is 20.2 Å². The third kappa shape index (κ3) is 10.1. The van der Waals surface area contributed by atoms with Gasteiger partial charge in [-0.2, -0.15) is 10.2 Å². The Kier molecular flexibility index (Phi) is 15.4. The van der Waals surface area contributed by atoms with Gasteiger partial charge in [0.25, 0.3) is 0 Å². The third-order valence-corrected chi connectivity index (χ3v) is 3.06. The van der Waals surface area contributed by atoms with E-state index in [9.17, 15) is 10.2 Å². The molecular weight excluding hydrogens is 460 g/mol. The molecule has 0 saturated carbocycles. The Labute approximate surface area is 182 Å². The van der Waals surface area contributed by atoms with Gasteiger partial charge in [0.1, 0.15) is 5.75 Å². The van der Waals surface area contributed by atoms with Gasteiger partial charge in [0.05, 0.1) is 13.3 Å². The van der Waals surface area contributed by atoms with Gasteiger partial charge in [-0.15, -0.1) is 0 Å². The Morgan fingerprint density at radius 1 is 0.966 bits per heavy atom. The molecule has 0 fully saturated rings. The quantitative estimate of drug-likeness (QED) is 0.238. The molecule has 0 spiro atoms. The fourth-order valence-corrected chi connectivity index (χ4v) is 1.76. The number of rotatable bonds is 4. The van der Waals surface area contributed by atoms with Crippen LogP contribution in [0.4, 0.5) is 0 Å². The standard InChI is InChI=1S/C14H13N3O3.C5H5N.Mo.2O/c1-20-12-3-2-11(13(18)8-12)9-16-17-14(19)10-4-6-15-7-5-10;1-2-4-6-5-3-1;;;/h2-9,18H,1H3,(H,17,19);1-5H;;;/q;;;2*-2/p-2/b16-9+;;;;. The molecule has 0 saturated heterocycles. The number of nitrogens with zero attached hydrogens (tertiary/aromatic N) is 4. The maximum absolute atomic E-state index is 11.6. The molecule has 1 aromatic carbocycles. The molecule has 10 heteroatoms. The summed E-state index contributed by atoms with van der Waals surface area (Å²) in [4.78, 5) is 7.58. The normalized spacial score (nSPS) is 9.76. The van der Waals surface area contributed by atoms with Crippen LogP contribution in [0, 0.1) is 0 Å². The van der Waals surface area contributed by atoms with Crippen molar-refractivity contribution >= 4 is 12.1 Å². The Balaban J connectivity index is 0. The molecule has 3 rings (SSSR count). The van der Waals surface area contributed by atoms with Gasteiger partial charge >= 0.3 is 0 Å². The Hall–Kier alpha value is -3.13. The number of methoxy groups -OCH3 is 1. The molecule has 0 amide bonds. The van der Waals surface area contributed by atoms with Crippen molar-refractivity contribution in [3.05, 3.63) is 84.4 Å². The zero-order chi connectivity index (χ0) is 18.6. The predicted molar refractivity (Wildman–Crippen MR) is 96.4 cm³/mol. The molecule has 0 aliphatic carbocycles. The molecule has 0 N–H and O–H groups in total. The molecule has 0 radical (unpaired) electrons. The second kappa shape index (κ2) is 15.9. The van der Waals surface area contributed by atoms with Crippen LogP contribution in [0.3, 0.4) is 0 Å². The Bertz CT molecular complexity index is 838. The molecule has 2 aromatic heterocycles. The number of aromatic nitrogens is 2. The van der Waals surface area contributed by atoms with E-state index in [1.807, 2.05) is 18.2 Å². The van der Waals surface area contributed by atoms with Crippen LogP contribution in [0.2, 0.25) is 0 Å². The van der Waals surface area contributed by atoms with Crippen molar-refractivity contribution in [2.24, 2.45) is 10.2 Å². The summed E-state index contributed by atoms with van der Waals surface area (Å²) < 4.78 is 4.92. The molecule has 2 heterocycles. The second-order valence-electron chi connectivity index (χ2n) is 4.81. The SMILES string of the molecule is COc1ccc(/C=N/N=C(\[O-])c2ccncc2)c([O-])c1.[Mo].[O-2].[O-2].c1ccncc1. The largest absolute Gasteiger partial charge is 2.00 e. The summed E-state index contributed by atoms with van der Waals surface area (Å²) in [6, 6.07) is 13.3. The van der Waals surface area contributed by atoms with Gasteiger partial charge in [0.15, 0.2) is 0 Å². The van der Waals surface area contributed by atoms with Gasteiger partial charge in [-0.3, -0.25) is 9.97 Å². The van der Waals surface area contributed by atoms with Crippen molar-refractivity contribution in [2.75, 3.05) is 7.11 Å². The number of benzene rings is 1. The third-order valence-electron chi connectivity index (χ3n) is 3.06. The van der Waals surface area contributed by atoms with Crippen LogP contribution in [-0.2, 0) is 32.0 Å². The minimum absolute atomic E-state index is 0. The Morgan fingerprint density at radius 2 is 1.59 bits per heavy atom. The average molecular weight is 476 g/mol. The fraction of sp³-hybridized carbons (Fsp3) is 0.0526. The molecule has 0 bridgehead atoms. The monoisotopic (exact) mass is 478 g/mol. The molecule has 0 unspecified atom stereocenters. The number of hydrogen-bond acceptors (Lipinski definition) is 7. The summed E-state index contributed by atoms with van der Waals surface area (Å²) in [5, 5.41) is 30.4. The van der Waals surface area contributed by atoms with Gasteiger partial charge in [0.2, 0.25) is 0 Å². The Morgan fingerprint density at radius 3 is 2.07 bits per heavy atom. The van der Waals surface area contributed by atoms with Gasteiger partial charge in [-0.05, 0) is 47.5 Å². The second-order valence-corrected chi connectivity index (χ2v) is 4.81. The minimum atomic E-state index is -0.496. The molecule has 3 aromatic rings. The summed E-state index contributed by atoms with van der Waals surface area (Å²) in [5.41, 5.74) is 0.714. The predicted octanol–water partition coefficient (Wildman–Crippen LogP) is 1.15. The van der Waals surface area contributed by atoms with Crippen molar-refractivity contribution in [1.29, 1.82) is 0 Å². The van der Waals surface area contributed by atoms with Crippen molar-refractivity contribution in [3.63, 3.8) is 0 Å². The maximum atomic E-state index is 11.6. The van der Waals surface area contributed by atoms with Crippen LogP contribution >= 0.6 is 0 Å². The van der Waals surface area contributed by atoms with Gasteiger partial charge in [-0.1, -0.05) is 17.9 Å². The molecule has 9 nitrogen and oxygen atoms in total. The van der Waals surface area contributed by atoms with Crippen molar-refractivity contribution < 1.29 is 47.0 Å². The molecule has 154 valence electrons. The van der Waals surface area contributed by atoms with Crippen LogP contribution in [0.1, 0.15) is 11.1 Å². The number of hydrogen-bond donors (Lipinski definition) is 0. The van der Waals surface area contributed by atoms with Gasteiger partial charge in [0, 0.05) is 51.8 Å². The van der Waals surface area contributed by atoms with Crippen LogP contribution in [0.5, 0.6) is 11.5 Å². The van der Waals surface area contributed by atoms with Crippen LogP contribution in [0.15, 0.2) is 83.5 Å². The van der Waals surface area contributed by atoms with E-state index in [0.29, 0.717) is 16.9 Å². The van der Waals surface area contributed by atoms with Crippen LogP contribution < -0.4 is 14.9 Å². The van der Waals surface area contributed by atoms with E-state index in [4.69, 9.17) is 4.74 Å². The first-order valence-electron chi connectivity index (χ1n) is 7.59. The van der Waals surface area contributed by atoms with E-state index < -0.39 is 5.90 Å². The summed E-state index contributed by atoms with van der Waals surface area (Å²) in [5.74, 6) is -0.277. The van der Waals surface area contributed by atoms with E-state index >= 15 is 0 Å². The molecule has 0 aliphatic rings. The average Bonchev–Trinajstić information content (AvgIpc) is 2.71. The summed E-state index contributed by atoms with van der Waals surface area (Å²) in [7, 11) is 1.48. The van der Waals surface area contributed by atoms with Crippen molar-refractivity contribution in [3.8, 4) is 11.5 Å². The van der Waals surface area contributed by atoms with E-state index in [-0.39, 0.29) is 37.8 Å². The smallest absolute Gasteiger partial charge is 0.118 e. The zero-order valence-corrected chi connectivity index (χ0v) is 17.3. The number of pyridine rings is 2. The first-order chi connectivity index (χ1) is 12.7. The minimum Gasteiger partial charge on any atom is -2.00 e. The topological polar surface area (TPSA) is 163 Å². The van der Waals surface area contributed by atoms with E-state index in [1.54, 1.807) is 24.5 Å². The fourth-order valence-electron chi connectivity index (χ4n) is 1.76. The molecule has 0 aliphatic heterocycles. The van der Waals surface area contributed by atoms with Gasteiger partial charge in [-0.25, -0.2) is 0 Å². The zero-order valence-electron chi connectivity index (χ0n) is 15.2. The van der Waals surface area contributed by atoms with Gasteiger partial charge < -0.3 is 25.9 Å². The van der Waals surface area contributed by atoms with Crippen LogP contribution in [0.25, 0.3) is 0 Å². The van der Waals surface area contributed by atoms with Crippen LogP contribution in [-0.4, -0.2) is 29.2 Å². The van der Waals surface area contributed by atoms with Crippen molar-refractivity contribution in [2.45, 2.75) is 0 Å². The molecular formula is C19H16MoN4O5-6. The first-order valence-corrected chi connectivity index (χ1v) is 7.59.